The summed E-state index contributed by atoms with van der Waals surface area (Å²) >= 11 is 0. The Balaban J connectivity index is 1.92. The molecule has 3 nitrogen and oxygen atoms in total. The number of methoxy groups -OCH3 is 1. The van der Waals surface area contributed by atoms with Crippen LogP contribution < -0.4 is 10.5 Å². The van der Waals surface area contributed by atoms with Crippen LogP contribution in [0.5, 0.6) is 5.75 Å². The molecule has 0 aliphatic carbocycles. The zero-order valence-corrected chi connectivity index (χ0v) is 11.5. The zero-order chi connectivity index (χ0) is 13.7. The molecule has 1 aromatic carbocycles. The lowest BCUT2D eigenvalue weighted by Crippen LogP contribution is -2.11. The Morgan fingerprint density at radius 2 is 1.89 bits per heavy atom. The maximum atomic E-state index is 6.18. The minimum Gasteiger partial charge on any atom is -0.497 e. The Hall–Kier alpha value is -1.87. The first kappa shape index (κ1) is 13.6. The second-order valence-electron chi connectivity index (χ2n) is 4.73. The summed E-state index contributed by atoms with van der Waals surface area (Å²) in [5, 5.41) is 0. The Morgan fingerprint density at radius 1 is 1.16 bits per heavy atom. The second kappa shape index (κ2) is 6.34. The fourth-order valence-corrected chi connectivity index (χ4v) is 1.98. The molecule has 0 spiro atoms. The van der Waals surface area contributed by atoms with Crippen molar-refractivity contribution in [1.82, 2.24) is 4.98 Å². The van der Waals surface area contributed by atoms with Crippen LogP contribution in [0.25, 0.3) is 0 Å². The molecule has 1 aromatic heterocycles. The van der Waals surface area contributed by atoms with Gasteiger partial charge in [0.25, 0.3) is 0 Å². The summed E-state index contributed by atoms with van der Waals surface area (Å²) in [6, 6.07) is 12.2. The van der Waals surface area contributed by atoms with Crippen molar-refractivity contribution in [3.63, 3.8) is 0 Å². The van der Waals surface area contributed by atoms with Gasteiger partial charge in [0.05, 0.1) is 7.11 Å². The number of nitrogens with two attached hydrogens (primary N) is 1. The van der Waals surface area contributed by atoms with Gasteiger partial charge in [-0.1, -0.05) is 18.2 Å². The molecular formula is C16H20N2O. The Morgan fingerprint density at radius 3 is 2.47 bits per heavy atom. The molecule has 0 fully saturated rings. The molecule has 0 bridgehead atoms. The topological polar surface area (TPSA) is 48.1 Å². The maximum Gasteiger partial charge on any atom is 0.118 e. The fourth-order valence-electron chi connectivity index (χ4n) is 1.98. The Labute approximate surface area is 114 Å². The molecule has 1 atom stereocenters. The highest BCUT2D eigenvalue weighted by molar-refractivity contribution is 5.27. The average molecular weight is 256 g/mol. The third-order valence-electron chi connectivity index (χ3n) is 3.27. The molecule has 2 aromatic rings. The van der Waals surface area contributed by atoms with Gasteiger partial charge >= 0.3 is 0 Å². The zero-order valence-electron chi connectivity index (χ0n) is 11.5. The summed E-state index contributed by atoms with van der Waals surface area (Å²) in [7, 11) is 1.68. The van der Waals surface area contributed by atoms with Gasteiger partial charge in [0.15, 0.2) is 0 Å². The lowest BCUT2D eigenvalue weighted by Gasteiger charge is -2.12. The summed E-state index contributed by atoms with van der Waals surface area (Å²) in [5.41, 5.74) is 9.57. The van der Waals surface area contributed by atoms with E-state index in [0.717, 1.165) is 29.8 Å². The van der Waals surface area contributed by atoms with E-state index < -0.39 is 0 Å². The number of aromatic nitrogens is 1. The van der Waals surface area contributed by atoms with E-state index in [9.17, 15) is 0 Å². The van der Waals surface area contributed by atoms with E-state index in [1.54, 1.807) is 7.11 Å². The molecule has 0 aliphatic rings. The van der Waals surface area contributed by atoms with Crippen molar-refractivity contribution < 1.29 is 4.74 Å². The van der Waals surface area contributed by atoms with Crippen LogP contribution in [0.1, 0.15) is 29.3 Å². The number of benzene rings is 1. The quantitative estimate of drug-likeness (QED) is 0.894. The minimum absolute atomic E-state index is 0.0372. The fraction of sp³-hybridized carbons (Fsp3) is 0.312. The molecule has 0 radical (unpaired) electrons. The summed E-state index contributed by atoms with van der Waals surface area (Å²) in [6.07, 6.45) is 3.74. The second-order valence-corrected chi connectivity index (χ2v) is 4.73. The van der Waals surface area contributed by atoms with Gasteiger partial charge in [-0.25, -0.2) is 0 Å². The first-order chi connectivity index (χ1) is 9.19. The summed E-state index contributed by atoms with van der Waals surface area (Å²) in [5.74, 6) is 0.885. The largest absolute Gasteiger partial charge is 0.497 e. The lowest BCUT2D eigenvalue weighted by atomic mass is 10.0. The highest BCUT2D eigenvalue weighted by atomic mass is 16.5. The van der Waals surface area contributed by atoms with E-state index in [4.69, 9.17) is 10.5 Å². The van der Waals surface area contributed by atoms with Crippen molar-refractivity contribution >= 4 is 0 Å². The van der Waals surface area contributed by atoms with E-state index >= 15 is 0 Å². The first-order valence-corrected chi connectivity index (χ1v) is 6.50. The molecule has 1 unspecified atom stereocenters. The van der Waals surface area contributed by atoms with Crippen LogP contribution in [0.2, 0.25) is 0 Å². The van der Waals surface area contributed by atoms with Crippen LogP contribution in [-0.2, 0) is 6.42 Å². The van der Waals surface area contributed by atoms with Gasteiger partial charge in [0, 0.05) is 17.9 Å². The minimum atomic E-state index is 0.0372. The summed E-state index contributed by atoms with van der Waals surface area (Å²) in [4.78, 5) is 4.28. The predicted octanol–water partition coefficient (Wildman–Crippen LogP) is 3.03. The van der Waals surface area contributed by atoms with Crippen LogP contribution in [0.4, 0.5) is 0 Å². The van der Waals surface area contributed by atoms with Crippen molar-refractivity contribution in [2.24, 2.45) is 5.73 Å². The normalized spacial score (nSPS) is 12.2. The van der Waals surface area contributed by atoms with E-state index in [1.807, 2.05) is 31.3 Å². The van der Waals surface area contributed by atoms with Crippen molar-refractivity contribution in [2.45, 2.75) is 25.8 Å². The molecule has 2 rings (SSSR count). The van der Waals surface area contributed by atoms with Crippen molar-refractivity contribution in [3.8, 4) is 5.75 Å². The van der Waals surface area contributed by atoms with Crippen LogP contribution in [0.3, 0.4) is 0 Å². The van der Waals surface area contributed by atoms with Crippen LogP contribution in [0, 0.1) is 6.92 Å². The molecule has 2 N–H and O–H groups in total. The number of ether oxygens (including phenoxy) is 1. The predicted molar refractivity (Wildman–Crippen MR) is 77.2 cm³/mol. The highest BCUT2D eigenvalue weighted by Gasteiger charge is 2.06. The molecular weight excluding hydrogens is 236 g/mol. The SMILES string of the molecule is COc1ccc(CCC(N)c2ccc(C)nc2)cc1. The molecule has 0 amide bonds. The first-order valence-electron chi connectivity index (χ1n) is 6.50. The highest BCUT2D eigenvalue weighted by Crippen LogP contribution is 2.18. The van der Waals surface area contributed by atoms with Crippen molar-refractivity contribution in [1.29, 1.82) is 0 Å². The average Bonchev–Trinajstić information content (AvgIpc) is 2.46. The molecule has 19 heavy (non-hydrogen) atoms. The Kier molecular flexibility index (Phi) is 4.53. The van der Waals surface area contributed by atoms with Crippen LogP contribution in [0.15, 0.2) is 42.6 Å². The van der Waals surface area contributed by atoms with E-state index in [1.165, 1.54) is 5.56 Å². The number of hydrogen-bond donors (Lipinski definition) is 1. The Bertz CT molecular complexity index is 505. The van der Waals surface area contributed by atoms with E-state index in [2.05, 4.69) is 23.2 Å². The molecule has 100 valence electrons. The molecule has 0 saturated heterocycles. The monoisotopic (exact) mass is 256 g/mol. The number of nitrogens with zero attached hydrogens (tertiary/aromatic N) is 1. The standard InChI is InChI=1S/C16H20N2O/c1-12-3-7-14(11-18-12)16(17)10-6-13-4-8-15(19-2)9-5-13/h3-5,7-9,11,16H,6,10,17H2,1-2H3. The van der Waals surface area contributed by atoms with Gasteiger partial charge < -0.3 is 10.5 Å². The maximum absolute atomic E-state index is 6.18. The van der Waals surface area contributed by atoms with Gasteiger partial charge in [-0.05, 0) is 49.1 Å². The van der Waals surface area contributed by atoms with Gasteiger partial charge in [-0.15, -0.1) is 0 Å². The number of rotatable bonds is 5. The molecule has 0 aliphatic heterocycles. The van der Waals surface area contributed by atoms with Gasteiger partial charge in [0.1, 0.15) is 5.75 Å². The van der Waals surface area contributed by atoms with Gasteiger partial charge in [-0.2, -0.15) is 0 Å². The number of aryl methyl sites for hydroxylation is 2. The van der Waals surface area contributed by atoms with Gasteiger partial charge in [-0.3, -0.25) is 4.98 Å². The van der Waals surface area contributed by atoms with E-state index in [0.29, 0.717) is 0 Å². The third kappa shape index (κ3) is 3.80. The third-order valence-corrected chi connectivity index (χ3v) is 3.27. The number of pyridine rings is 1. The van der Waals surface area contributed by atoms with Crippen molar-refractivity contribution in [3.05, 3.63) is 59.4 Å². The van der Waals surface area contributed by atoms with Crippen LogP contribution in [-0.4, -0.2) is 12.1 Å². The molecule has 1 heterocycles. The van der Waals surface area contributed by atoms with Gasteiger partial charge in [0.2, 0.25) is 0 Å². The van der Waals surface area contributed by atoms with Crippen LogP contribution >= 0.6 is 0 Å². The lowest BCUT2D eigenvalue weighted by molar-refractivity contribution is 0.414. The summed E-state index contributed by atoms with van der Waals surface area (Å²) in [6.45, 7) is 1.98. The molecule has 0 saturated carbocycles. The number of hydrogen-bond acceptors (Lipinski definition) is 3. The van der Waals surface area contributed by atoms with Crippen molar-refractivity contribution in [2.75, 3.05) is 7.11 Å². The summed E-state index contributed by atoms with van der Waals surface area (Å²) < 4.78 is 5.14. The molecule has 3 heteroatoms. The smallest absolute Gasteiger partial charge is 0.118 e. The van der Waals surface area contributed by atoms with E-state index in [-0.39, 0.29) is 6.04 Å².